The fourth-order valence-electron chi connectivity index (χ4n) is 2.14. The highest BCUT2D eigenvalue weighted by Crippen LogP contribution is 2.52. The van der Waals surface area contributed by atoms with E-state index in [2.05, 4.69) is 22.5 Å². The first-order valence-corrected chi connectivity index (χ1v) is 6.95. The van der Waals surface area contributed by atoms with Gasteiger partial charge in [0.05, 0.1) is 0 Å². The number of hydrogen-bond acceptors (Lipinski definition) is 3. The molecule has 2 rings (SSSR count). The molecule has 0 unspecified atom stereocenters. The van der Waals surface area contributed by atoms with Crippen molar-refractivity contribution in [1.29, 1.82) is 0 Å². The lowest BCUT2D eigenvalue weighted by Gasteiger charge is -2.54. The lowest BCUT2D eigenvalue weighted by atomic mass is 9.92. The van der Waals surface area contributed by atoms with Crippen LogP contribution in [0.2, 0.25) is 0 Å². The van der Waals surface area contributed by atoms with E-state index in [0.717, 1.165) is 5.57 Å². The summed E-state index contributed by atoms with van der Waals surface area (Å²) in [5.41, 5.74) is 0.873. The van der Waals surface area contributed by atoms with Crippen LogP contribution in [0.15, 0.2) is 23.9 Å². The van der Waals surface area contributed by atoms with Crippen molar-refractivity contribution in [2.75, 3.05) is 5.75 Å². The number of carboxylic acid groups (broad SMARTS) is 1. The lowest BCUT2D eigenvalue weighted by molar-refractivity contribution is -0.149. The van der Waals surface area contributed by atoms with Crippen molar-refractivity contribution < 1.29 is 14.7 Å². The van der Waals surface area contributed by atoms with Gasteiger partial charge in [-0.15, -0.1) is 18.3 Å². The molecule has 0 bridgehead atoms. The number of alkyl halides is 1. The number of halogens is 1. The Morgan fingerprint density at radius 2 is 2.47 bits per heavy atom. The summed E-state index contributed by atoms with van der Waals surface area (Å²) in [7, 11) is 0. The highest BCUT2D eigenvalue weighted by atomic mass is 79.9. The van der Waals surface area contributed by atoms with Gasteiger partial charge in [-0.2, -0.15) is 0 Å². The summed E-state index contributed by atoms with van der Waals surface area (Å²) in [5, 5.41) is 9.00. The SMILES string of the molecule is C=CC[C@]1(Br)C(=O)N2C(C(=O)O)=C(C)CS[C@@H]21. The summed E-state index contributed by atoms with van der Waals surface area (Å²) in [6.45, 7) is 5.38. The first-order chi connectivity index (χ1) is 7.93. The summed E-state index contributed by atoms with van der Waals surface area (Å²) in [4.78, 5) is 24.6. The maximum Gasteiger partial charge on any atom is 0.352 e. The number of carbonyl (C=O) groups is 2. The topological polar surface area (TPSA) is 57.6 Å². The lowest BCUT2D eigenvalue weighted by Crippen LogP contribution is -2.70. The summed E-state index contributed by atoms with van der Waals surface area (Å²) in [6.07, 6.45) is 2.18. The quantitative estimate of drug-likeness (QED) is 0.491. The van der Waals surface area contributed by atoms with E-state index < -0.39 is 10.3 Å². The van der Waals surface area contributed by atoms with Gasteiger partial charge in [-0.1, -0.05) is 22.0 Å². The number of amides is 1. The number of hydrogen-bond donors (Lipinski definition) is 1. The number of aliphatic carboxylic acids is 1. The van der Waals surface area contributed by atoms with E-state index in [1.165, 1.54) is 4.90 Å². The van der Waals surface area contributed by atoms with Crippen LogP contribution in [0, 0.1) is 0 Å². The van der Waals surface area contributed by atoms with Crippen LogP contribution in [-0.2, 0) is 9.59 Å². The molecule has 17 heavy (non-hydrogen) atoms. The number of fused-ring (bicyclic) bond motifs is 1. The second-order valence-electron chi connectivity index (χ2n) is 4.13. The van der Waals surface area contributed by atoms with E-state index in [9.17, 15) is 9.59 Å². The minimum Gasteiger partial charge on any atom is -0.477 e. The molecule has 0 aromatic heterocycles. The van der Waals surface area contributed by atoms with Crippen LogP contribution in [0.4, 0.5) is 0 Å². The number of carboxylic acids is 1. The van der Waals surface area contributed by atoms with Gasteiger partial charge in [-0.3, -0.25) is 9.69 Å². The molecule has 1 amide bonds. The van der Waals surface area contributed by atoms with Crippen LogP contribution in [0.5, 0.6) is 0 Å². The number of nitrogens with zero attached hydrogens (tertiary/aromatic N) is 1. The van der Waals surface area contributed by atoms with Gasteiger partial charge in [-0.25, -0.2) is 4.79 Å². The Kier molecular flexibility index (Phi) is 3.12. The van der Waals surface area contributed by atoms with Gasteiger partial charge in [0.2, 0.25) is 5.91 Å². The molecule has 2 aliphatic heterocycles. The van der Waals surface area contributed by atoms with Gasteiger partial charge in [0, 0.05) is 5.75 Å². The van der Waals surface area contributed by atoms with Crippen molar-refractivity contribution in [3.63, 3.8) is 0 Å². The molecule has 0 radical (unpaired) electrons. The van der Waals surface area contributed by atoms with Crippen LogP contribution in [0.1, 0.15) is 13.3 Å². The molecule has 2 aliphatic rings. The molecule has 1 saturated heterocycles. The average Bonchev–Trinajstić information content (AvgIpc) is 2.27. The second kappa shape index (κ2) is 4.17. The molecule has 0 spiro atoms. The highest BCUT2D eigenvalue weighted by molar-refractivity contribution is 9.10. The predicted octanol–water partition coefficient (Wildman–Crippen LogP) is 1.97. The third-order valence-electron chi connectivity index (χ3n) is 2.95. The minimum atomic E-state index is -1.03. The molecule has 0 aliphatic carbocycles. The van der Waals surface area contributed by atoms with Gasteiger partial charge >= 0.3 is 5.97 Å². The van der Waals surface area contributed by atoms with E-state index in [-0.39, 0.29) is 17.0 Å². The zero-order valence-corrected chi connectivity index (χ0v) is 11.7. The van der Waals surface area contributed by atoms with Crippen molar-refractivity contribution >= 4 is 39.6 Å². The van der Waals surface area contributed by atoms with Gasteiger partial charge in [0.1, 0.15) is 15.4 Å². The number of rotatable bonds is 3. The molecule has 1 fully saturated rings. The Morgan fingerprint density at radius 3 is 3.00 bits per heavy atom. The molecule has 0 aromatic rings. The molecule has 0 saturated carbocycles. The zero-order valence-electron chi connectivity index (χ0n) is 9.27. The van der Waals surface area contributed by atoms with Crippen LogP contribution in [0.25, 0.3) is 0 Å². The molecule has 2 heterocycles. The first-order valence-electron chi connectivity index (χ1n) is 5.11. The monoisotopic (exact) mass is 317 g/mol. The van der Waals surface area contributed by atoms with E-state index in [1.54, 1.807) is 24.8 Å². The molecule has 1 N–H and O–H groups in total. The van der Waals surface area contributed by atoms with Gasteiger partial charge in [0.15, 0.2) is 0 Å². The average molecular weight is 318 g/mol. The molecule has 0 aromatic carbocycles. The Hall–Kier alpha value is -0.750. The largest absolute Gasteiger partial charge is 0.477 e. The van der Waals surface area contributed by atoms with Crippen molar-refractivity contribution in [3.8, 4) is 0 Å². The second-order valence-corrected chi connectivity index (χ2v) is 6.61. The van der Waals surface area contributed by atoms with E-state index in [4.69, 9.17) is 5.11 Å². The van der Waals surface area contributed by atoms with Crippen LogP contribution in [0.3, 0.4) is 0 Å². The standard InChI is InChI=1S/C11H12BrNO3S/c1-3-4-11(12)9(16)13-7(8(14)15)6(2)5-17-10(11)13/h3,10H,1,4-5H2,2H3,(H,14,15)/t10-,11+/m1/s1. The van der Waals surface area contributed by atoms with Gasteiger partial charge < -0.3 is 5.11 Å². The molecule has 4 nitrogen and oxygen atoms in total. The zero-order chi connectivity index (χ0) is 12.8. The van der Waals surface area contributed by atoms with Crippen molar-refractivity contribution in [2.45, 2.75) is 23.0 Å². The Morgan fingerprint density at radius 1 is 1.82 bits per heavy atom. The predicted molar refractivity (Wildman–Crippen MR) is 69.9 cm³/mol. The van der Waals surface area contributed by atoms with Crippen molar-refractivity contribution in [2.24, 2.45) is 0 Å². The fraction of sp³-hybridized carbons (Fsp3) is 0.455. The van der Waals surface area contributed by atoms with Gasteiger partial charge in [-0.05, 0) is 18.9 Å². The van der Waals surface area contributed by atoms with Gasteiger partial charge in [0.25, 0.3) is 0 Å². The van der Waals surface area contributed by atoms with E-state index in [0.29, 0.717) is 12.2 Å². The molecule has 92 valence electrons. The summed E-state index contributed by atoms with van der Waals surface area (Å²) in [5.74, 6) is -0.582. The Bertz CT molecular complexity index is 448. The first kappa shape index (κ1) is 12.7. The number of β-lactam (4-membered cyclic amide) rings is 1. The number of thioether (sulfide) groups is 1. The van der Waals surface area contributed by atoms with Crippen molar-refractivity contribution in [3.05, 3.63) is 23.9 Å². The highest BCUT2D eigenvalue weighted by Gasteiger charge is 2.62. The Balaban J connectivity index is 2.36. The molecular weight excluding hydrogens is 306 g/mol. The maximum atomic E-state index is 12.1. The Labute approximate surface area is 112 Å². The van der Waals surface area contributed by atoms with E-state index in [1.807, 2.05) is 0 Å². The molecule has 6 heteroatoms. The minimum absolute atomic E-state index is 0.137. The molecule has 2 atom stereocenters. The normalized spacial score (nSPS) is 32.0. The summed E-state index contributed by atoms with van der Waals surface area (Å²) >= 11 is 5.01. The third kappa shape index (κ3) is 1.65. The maximum absolute atomic E-state index is 12.1. The smallest absolute Gasteiger partial charge is 0.352 e. The number of carbonyl (C=O) groups excluding carboxylic acids is 1. The van der Waals surface area contributed by atoms with Crippen molar-refractivity contribution in [1.82, 2.24) is 4.90 Å². The number of allylic oxidation sites excluding steroid dienone is 1. The van der Waals surface area contributed by atoms with Crippen LogP contribution >= 0.6 is 27.7 Å². The van der Waals surface area contributed by atoms with Crippen LogP contribution in [-0.4, -0.2) is 37.3 Å². The summed E-state index contributed by atoms with van der Waals surface area (Å²) < 4.78 is -0.680. The third-order valence-corrected chi connectivity index (χ3v) is 5.88. The van der Waals surface area contributed by atoms with Crippen LogP contribution < -0.4 is 0 Å². The summed E-state index contributed by atoms with van der Waals surface area (Å²) in [6, 6.07) is 0. The molecular formula is C11H12BrNO3S. The fourth-order valence-corrected chi connectivity index (χ4v) is 4.52. The van der Waals surface area contributed by atoms with E-state index >= 15 is 0 Å².